The third-order valence-corrected chi connectivity index (χ3v) is 5.34. The molecule has 6 heteroatoms. The van der Waals surface area contributed by atoms with Gasteiger partial charge in [0.25, 0.3) is 5.91 Å². The lowest BCUT2D eigenvalue weighted by molar-refractivity contribution is -0.134. The second-order valence-electron chi connectivity index (χ2n) is 6.72. The number of hydrogen-bond acceptors (Lipinski definition) is 4. The molecule has 3 amide bonds. The molecule has 1 aromatic rings. The van der Waals surface area contributed by atoms with E-state index in [-0.39, 0.29) is 11.9 Å². The predicted molar refractivity (Wildman–Crippen MR) is 91.0 cm³/mol. The summed E-state index contributed by atoms with van der Waals surface area (Å²) in [6, 6.07) is 7.88. The molecular weight excluding hydrogens is 306 g/mol. The number of carbonyl (C=O) groups is 2. The van der Waals surface area contributed by atoms with E-state index in [9.17, 15) is 9.59 Å². The lowest BCUT2D eigenvalue weighted by atomic mass is 9.87. The number of likely N-dealkylation sites (tertiary alicyclic amines) is 1. The maximum absolute atomic E-state index is 12.6. The lowest BCUT2D eigenvalue weighted by Gasteiger charge is -2.41. The van der Waals surface area contributed by atoms with Crippen molar-refractivity contribution in [3.8, 4) is 5.75 Å². The van der Waals surface area contributed by atoms with Crippen LogP contribution in [0.15, 0.2) is 24.3 Å². The zero-order chi connectivity index (χ0) is 17.3. The first-order chi connectivity index (χ1) is 11.5. The van der Waals surface area contributed by atoms with Crippen molar-refractivity contribution in [2.45, 2.75) is 24.8 Å². The zero-order valence-electron chi connectivity index (χ0n) is 14.6. The molecule has 2 fully saturated rings. The van der Waals surface area contributed by atoms with Gasteiger partial charge < -0.3 is 14.5 Å². The number of carbonyl (C=O) groups excluding carboxylic acids is 2. The van der Waals surface area contributed by atoms with E-state index in [0.717, 1.165) is 38.1 Å². The van der Waals surface area contributed by atoms with E-state index >= 15 is 0 Å². The topological polar surface area (TPSA) is 53.1 Å². The lowest BCUT2D eigenvalue weighted by Crippen LogP contribution is -2.59. The molecule has 0 radical (unpaired) electrons. The minimum atomic E-state index is -0.677. The van der Waals surface area contributed by atoms with E-state index in [2.05, 4.69) is 17.0 Å². The van der Waals surface area contributed by atoms with Crippen LogP contribution in [0.3, 0.4) is 0 Å². The maximum atomic E-state index is 12.6. The Morgan fingerprint density at radius 2 is 1.88 bits per heavy atom. The number of piperidine rings is 1. The van der Waals surface area contributed by atoms with E-state index in [0.29, 0.717) is 6.54 Å². The average Bonchev–Trinajstić information content (AvgIpc) is 2.77. The van der Waals surface area contributed by atoms with Crippen LogP contribution >= 0.6 is 0 Å². The van der Waals surface area contributed by atoms with E-state index in [4.69, 9.17) is 4.74 Å². The van der Waals surface area contributed by atoms with Crippen LogP contribution in [-0.2, 0) is 11.2 Å². The van der Waals surface area contributed by atoms with Crippen molar-refractivity contribution >= 4 is 11.9 Å². The number of hydrogen-bond donors (Lipinski definition) is 0. The smallest absolute Gasteiger partial charge is 0.327 e. The SMILES string of the molecule is COc1ccc(CCN2CCCC3(C2)C(=O)N(C)C(=O)N3C)cc1. The molecular formula is C18H25N3O3. The zero-order valence-corrected chi connectivity index (χ0v) is 14.6. The molecule has 24 heavy (non-hydrogen) atoms. The average molecular weight is 331 g/mol. The van der Waals surface area contributed by atoms with Gasteiger partial charge in [0.2, 0.25) is 0 Å². The van der Waals surface area contributed by atoms with Crippen LogP contribution in [0, 0.1) is 0 Å². The number of methoxy groups -OCH3 is 1. The van der Waals surface area contributed by atoms with Crippen LogP contribution in [0.2, 0.25) is 0 Å². The highest BCUT2D eigenvalue weighted by molar-refractivity contribution is 6.06. The van der Waals surface area contributed by atoms with E-state index in [1.165, 1.54) is 10.5 Å². The Morgan fingerprint density at radius 1 is 1.17 bits per heavy atom. The van der Waals surface area contributed by atoms with Gasteiger partial charge in [-0.15, -0.1) is 0 Å². The Kier molecular flexibility index (Phi) is 4.49. The molecule has 0 bridgehead atoms. The summed E-state index contributed by atoms with van der Waals surface area (Å²) in [4.78, 5) is 29.9. The first-order valence-electron chi connectivity index (χ1n) is 8.39. The van der Waals surface area contributed by atoms with Crippen LogP contribution in [-0.4, -0.2) is 73.0 Å². The molecule has 2 saturated heterocycles. The summed E-state index contributed by atoms with van der Waals surface area (Å²) in [6.45, 7) is 2.47. The Bertz CT molecular complexity index is 631. The van der Waals surface area contributed by atoms with Gasteiger partial charge in [-0.05, 0) is 43.5 Å². The Balaban J connectivity index is 1.65. The van der Waals surface area contributed by atoms with Gasteiger partial charge in [-0.1, -0.05) is 12.1 Å². The number of likely N-dealkylation sites (N-methyl/N-ethyl adjacent to an activating group) is 2. The van der Waals surface area contributed by atoms with E-state index in [1.807, 2.05) is 12.1 Å². The first kappa shape index (κ1) is 16.8. The number of rotatable bonds is 4. The Hall–Kier alpha value is -2.08. The van der Waals surface area contributed by atoms with Crippen molar-refractivity contribution in [3.05, 3.63) is 29.8 Å². The minimum absolute atomic E-state index is 0.0656. The molecule has 1 aromatic carbocycles. The highest BCUT2D eigenvalue weighted by Gasteiger charge is 2.55. The predicted octanol–water partition coefficient (Wildman–Crippen LogP) is 1.60. The van der Waals surface area contributed by atoms with Gasteiger partial charge in [0.05, 0.1) is 7.11 Å². The van der Waals surface area contributed by atoms with Crippen LogP contribution in [0.1, 0.15) is 18.4 Å². The molecule has 0 saturated carbocycles. The monoisotopic (exact) mass is 331 g/mol. The van der Waals surface area contributed by atoms with E-state index in [1.54, 1.807) is 26.1 Å². The van der Waals surface area contributed by atoms with Gasteiger partial charge in [-0.3, -0.25) is 9.69 Å². The summed E-state index contributed by atoms with van der Waals surface area (Å²) in [6.07, 6.45) is 2.60. The molecule has 2 aliphatic heterocycles. The summed E-state index contributed by atoms with van der Waals surface area (Å²) in [5, 5.41) is 0. The molecule has 2 aliphatic rings. The molecule has 0 aromatic heterocycles. The van der Waals surface area contributed by atoms with Crippen molar-refractivity contribution in [1.82, 2.24) is 14.7 Å². The minimum Gasteiger partial charge on any atom is -0.497 e. The van der Waals surface area contributed by atoms with Crippen molar-refractivity contribution in [3.63, 3.8) is 0 Å². The fourth-order valence-electron chi connectivity index (χ4n) is 3.79. The van der Waals surface area contributed by atoms with Crippen molar-refractivity contribution in [2.75, 3.05) is 40.8 Å². The maximum Gasteiger partial charge on any atom is 0.327 e. The van der Waals surface area contributed by atoms with Gasteiger partial charge in [0, 0.05) is 27.2 Å². The van der Waals surface area contributed by atoms with Crippen LogP contribution in [0.4, 0.5) is 4.79 Å². The second kappa shape index (κ2) is 6.43. The Labute approximate surface area is 143 Å². The quantitative estimate of drug-likeness (QED) is 0.787. The molecule has 6 nitrogen and oxygen atoms in total. The number of ether oxygens (including phenoxy) is 1. The van der Waals surface area contributed by atoms with Gasteiger partial charge in [-0.25, -0.2) is 4.79 Å². The first-order valence-corrected chi connectivity index (χ1v) is 8.39. The molecule has 1 spiro atoms. The standard InChI is InChI=1S/C18H25N3O3/c1-19-16(22)18(20(2)17(19)23)10-4-11-21(13-18)12-9-14-5-7-15(24-3)8-6-14/h5-8H,4,9-13H2,1-3H3. The summed E-state index contributed by atoms with van der Waals surface area (Å²) in [5.41, 5.74) is 0.569. The molecule has 1 unspecified atom stereocenters. The number of benzene rings is 1. The molecule has 3 rings (SSSR count). The van der Waals surface area contributed by atoms with Gasteiger partial charge in [0.1, 0.15) is 11.3 Å². The van der Waals surface area contributed by atoms with Crippen molar-refractivity contribution in [1.29, 1.82) is 0 Å². The van der Waals surface area contributed by atoms with Gasteiger partial charge >= 0.3 is 6.03 Å². The number of nitrogens with zero attached hydrogens (tertiary/aromatic N) is 3. The van der Waals surface area contributed by atoms with Gasteiger partial charge in [0.15, 0.2) is 0 Å². The molecule has 0 aliphatic carbocycles. The summed E-state index contributed by atoms with van der Waals surface area (Å²) in [7, 11) is 4.98. The van der Waals surface area contributed by atoms with Crippen LogP contribution in [0.5, 0.6) is 5.75 Å². The number of urea groups is 1. The normalized spacial score (nSPS) is 25.0. The fraction of sp³-hybridized carbons (Fsp3) is 0.556. The molecule has 2 heterocycles. The summed E-state index contributed by atoms with van der Waals surface area (Å²) < 4.78 is 5.18. The van der Waals surface area contributed by atoms with Crippen molar-refractivity contribution in [2.24, 2.45) is 0 Å². The molecule has 130 valence electrons. The van der Waals surface area contributed by atoms with Crippen molar-refractivity contribution < 1.29 is 14.3 Å². The number of imide groups is 1. The number of amides is 3. The largest absolute Gasteiger partial charge is 0.497 e. The third kappa shape index (κ3) is 2.75. The van der Waals surface area contributed by atoms with Crippen LogP contribution < -0.4 is 4.74 Å². The fourth-order valence-corrected chi connectivity index (χ4v) is 3.79. The second-order valence-corrected chi connectivity index (χ2v) is 6.72. The molecule has 1 atom stereocenters. The highest BCUT2D eigenvalue weighted by atomic mass is 16.5. The summed E-state index contributed by atoms with van der Waals surface area (Å²) in [5.74, 6) is 0.791. The third-order valence-electron chi connectivity index (χ3n) is 5.34. The van der Waals surface area contributed by atoms with Crippen LogP contribution in [0.25, 0.3) is 0 Å². The molecule has 0 N–H and O–H groups in total. The van der Waals surface area contributed by atoms with Gasteiger partial charge in [-0.2, -0.15) is 0 Å². The summed E-state index contributed by atoms with van der Waals surface area (Å²) >= 11 is 0. The Morgan fingerprint density at radius 3 is 2.46 bits per heavy atom. The highest BCUT2D eigenvalue weighted by Crippen LogP contribution is 2.34. The van der Waals surface area contributed by atoms with E-state index < -0.39 is 5.54 Å².